The van der Waals surface area contributed by atoms with Crippen molar-refractivity contribution in [3.8, 4) is 0 Å². The molecule has 0 atom stereocenters. The smallest absolute Gasteiger partial charge is 0.102 e. The topological polar surface area (TPSA) is 12.5 Å². The molecule has 0 radical (unpaired) electrons. The van der Waals surface area contributed by atoms with Crippen LogP contribution in [-0.4, -0.2) is 24.6 Å². The highest BCUT2D eigenvalue weighted by atomic mass is 16.5. The van der Waals surface area contributed by atoms with E-state index in [4.69, 9.17) is 4.74 Å². The first-order chi connectivity index (χ1) is 6.47. The van der Waals surface area contributed by atoms with Crippen molar-refractivity contribution in [1.29, 1.82) is 0 Å². The molecule has 1 saturated heterocycles. The fourth-order valence-corrected chi connectivity index (χ4v) is 2.14. The van der Waals surface area contributed by atoms with E-state index in [1.54, 1.807) is 0 Å². The molecule has 0 unspecified atom stereocenters. The quantitative estimate of drug-likeness (QED) is 0.616. The molecule has 0 amide bonds. The van der Waals surface area contributed by atoms with Gasteiger partial charge in [-0.15, -0.1) is 0 Å². The zero-order chi connectivity index (χ0) is 8.93. The Kier molecular flexibility index (Phi) is 3.11. The average molecular weight is 181 g/mol. The van der Waals surface area contributed by atoms with E-state index in [1.807, 2.05) is 6.26 Å². The first kappa shape index (κ1) is 8.92. The van der Waals surface area contributed by atoms with Gasteiger partial charge in [-0.1, -0.05) is 12.8 Å². The van der Waals surface area contributed by atoms with Crippen molar-refractivity contribution in [3.05, 3.63) is 12.0 Å². The summed E-state index contributed by atoms with van der Waals surface area (Å²) in [5, 5.41) is 0. The van der Waals surface area contributed by atoms with Crippen molar-refractivity contribution in [2.75, 3.05) is 19.7 Å². The lowest BCUT2D eigenvalue weighted by Gasteiger charge is -2.27. The van der Waals surface area contributed by atoms with Crippen molar-refractivity contribution in [2.45, 2.75) is 38.5 Å². The van der Waals surface area contributed by atoms with Crippen molar-refractivity contribution < 1.29 is 4.74 Å². The molecule has 1 fully saturated rings. The molecule has 13 heavy (non-hydrogen) atoms. The van der Waals surface area contributed by atoms with Crippen LogP contribution in [0.3, 0.4) is 0 Å². The minimum Gasteiger partial charge on any atom is -0.499 e. The van der Waals surface area contributed by atoms with Crippen molar-refractivity contribution in [2.24, 2.45) is 0 Å². The summed E-state index contributed by atoms with van der Waals surface area (Å²) < 4.78 is 5.37. The summed E-state index contributed by atoms with van der Waals surface area (Å²) >= 11 is 0. The van der Waals surface area contributed by atoms with E-state index in [0.29, 0.717) is 0 Å². The largest absolute Gasteiger partial charge is 0.499 e. The maximum absolute atomic E-state index is 5.37. The number of likely N-dealkylation sites (tertiary alicyclic amines) is 1. The molecular formula is C11H19NO. The zero-order valence-corrected chi connectivity index (χ0v) is 8.30. The van der Waals surface area contributed by atoms with Gasteiger partial charge < -0.3 is 9.64 Å². The highest BCUT2D eigenvalue weighted by Crippen LogP contribution is 2.20. The number of hydrogen-bond acceptors (Lipinski definition) is 2. The van der Waals surface area contributed by atoms with Gasteiger partial charge in [-0.2, -0.15) is 0 Å². The molecule has 0 aromatic heterocycles. The molecule has 2 aliphatic heterocycles. The Morgan fingerprint density at radius 3 is 2.38 bits per heavy atom. The van der Waals surface area contributed by atoms with Crippen LogP contribution in [0.1, 0.15) is 38.5 Å². The molecule has 0 spiro atoms. The maximum atomic E-state index is 5.37. The van der Waals surface area contributed by atoms with E-state index in [9.17, 15) is 0 Å². The van der Waals surface area contributed by atoms with Gasteiger partial charge >= 0.3 is 0 Å². The third-order valence-corrected chi connectivity index (χ3v) is 2.93. The van der Waals surface area contributed by atoms with Gasteiger partial charge in [0, 0.05) is 18.8 Å². The van der Waals surface area contributed by atoms with Crippen LogP contribution in [0.5, 0.6) is 0 Å². The Bertz CT molecular complexity index is 181. The summed E-state index contributed by atoms with van der Waals surface area (Å²) in [5.74, 6) is 0. The SMILES string of the molecule is C1=C(N2CCCCCC2)CCCO1. The molecule has 0 aromatic carbocycles. The molecule has 2 nitrogen and oxygen atoms in total. The van der Waals surface area contributed by atoms with E-state index in [-0.39, 0.29) is 0 Å². The number of hydrogen-bond donors (Lipinski definition) is 0. The normalized spacial score (nSPS) is 24.6. The van der Waals surface area contributed by atoms with Gasteiger partial charge in [-0.3, -0.25) is 0 Å². The van der Waals surface area contributed by atoms with Gasteiger partial charge in [-0.05, 0) is 25.7 Å². The minimum absolute atomic E-state index is 0.914. The second-order valence-corrected chi connectivity index (χ2v) is 3.98. The highest BCUT2D eigenvalue weighted by molar-refractivity contribution is 5.00. The lowest BCUT2D eigenvalue weighted by Crippen LogP contribution is -2.25. The predicted molar refractivity (Wildman–Crippen MR) is 53.3 cm³/mol. The fraction of sp³-hybridized carbons (Fsp3) is 0.818. The number of nitrogens with zero attached hydrogens (tertiary/aromatic N) is 1. The van der Waals surface area contributed by atoms with E-state index in [1.165, 1.54) is 57.3 Å². The van der Waals surface area contributed by atoms with Crippen LogP contribution in [0.4, 0.5) is 0 Å². The Labute approximate surface area is 80.6 Å². The Morgan fingerprint density at radius 2 is 1.77 bits per heavy atom. The zero-order valence-electron chi connectivity index (χ0n) is 8.30. The van der Waals surface area contributed by atoms with Gasteiger partial charge in [0.05, 0.1) is 6.61 Å². The highest BCUT2D eigenvalue weighted by Gasteiger charge is 2.14. The molecule has 2 aliphatic rings. The molecular weight excluding hydrogens is 162 g/mol. The lowest BCUT2D eigenvalue weighted by atomic mass is 10.2. The molecule has 0 aliphatic carbocycles. The summed E-state index contributed by atoms with van der Waals surface area (Å²) in [5.41, 5.74) is 1.44. The molecule has 0 aromatic rings. The van der Waals surface area contributed by atoms with Crippen LogP contribution in [0.2, 0.25) is 0 Å². The van der Waals surface area contributed by atoms with Gasteiger partial charge in [0.2, 0.25) is 0 Å². The predicted octanol–water partition coefficient (Wildman–Crippen LogP) is 2.51. The minimum atomic E-state index is 0.914. The van der Waals surface area contributed by atoms with Crippen molar-refractivity contribution in [3.63, 3.8) is 0 Å². The summed E-state index contributed by atoms with van der Waals surface area (Å²) in [6.45, 7) is 3.40. The summed E-state index contributed by atoms with van der Waals surface area (Å²) in [7, 11) is 0. The van der Waals surface area contributed by atoms with E-state index in [2.05, 4.69) is 4.90 Å². The van der Waals surface area contributed by atoms with Crippen LogP contribution in [0.25, 0.3) is 0 Å². The third kappa shape index (κ3) is 2.39. The van der Waals surface area contributed by atoms with Gasteiger partial charge in [0.1, 0.15) is 6.26 Å². The molecule has 2 heterocycles. The summed E-state index contributed by atoms with van der Waals surface area (Å²) in [4.78, 5) is 2.52. The number of allylic oxidation sites excluding steroid dienone is 1. The Morgan fingerprint density at radius 1 is 1.00 bits per heavy atom. The molecule has 2 heteroatoms. The van der Waals surface area contributed by atoms with Crippen LogP contribution >= 0.6 is 0 Å². The third-order valence-electron chi connectivity index (χ3n) is 2.93. The van der Waals surface area contributed by atoms with E-state index in [0.717, 1.165) is 6.61 Å². The van der Waals surface area contributed by atoms with Gasteiger partial charge in [-0.25, -0.2) is 0 Å². The Hall–Kier alpha value is -0.660. The molecule has 0 bridgehead atoms. The molecule has 2 rings (SSSR count). The van der Waals surface area contributed by atoms with Crippen LogP contribution in [0, 0.1) is 0 Å². The second kappa shape index (κ2) is 4.54. The van der Waals surface area contributed by atoms with Crippen LogP contribution in [0.15, 0.2) is 12.0 Å². The standard InChI is InChI=1S/C11H19NO/c1-2-4-8-12(7-3-1)11-6-5-9-13-10-11/h10H,1-9H2. The fourth-order valence-electron chi connectivity index (χ4n) is 2.14. The van der Waals surface area contributed by atoms with Crippen molar-refractivity contribution in [1.82, 2.24) is 4.90 Å². The van der Waals surface area contributed by atoms with Gasteiger partial charge in [0.15, 0.2) is 0 Å². The lowest BCUT2D eigenvalue weighted by molar-refractivity contribution is 0.195. The van der Waals surface area contributed by atoms with Gasteiger partial charge in [0.25, 0.3) is 0 Å². The number of ether oxygens (including phenoxy) is 1. The first-order valence-electron chi connectivity index (χ1n) is 5.52. The summed E-state index contributed by atoms with van der Waals surface area (Å²) in [6.07, 6.45) is 9.93. The van der Waals surface area contributed by atoms with E-state index < -0.39 is 0 Å². The van der Waals surface area contributed by atoms with Crippen molar-refractivity contribution >= 4 is 0 Å². The van der Waals surface area contributed by atoms with Crippen LogP contribution < -0.4 is 0 Å². The maximum Gasteiger partial charge on any atom is 0.102 e. The average Bonchev–Trinajstić information content (AvgIpc) is 2.47. The molecule has 74 valence electrons. The van der Waals surface area contributed by atoms with Crippen LogP contribution in [-0.2, 0) is 4.74 Å². The Balaban J connectivity index is 1.92. The molecule has 0 saturated carbocycles. The monoisotopic (exact) mass is 181 g/mol. The van der Waals surface area contributed by atoms with E-state index >= 15 is 0 Å². The summed E-state index contributed by atoms with van der Waals surface area (Å²) in [6, 6.07) is 0. The first-order valence-corrected chi connectivity index (χ1v) is 5.52. The molecule has 0 N–H and O–H groups in total. The number of rotatable bonds is 1. The second-order valence-electron chi connectivity index (χ2n) is 3.98.